The highest BCUT2D eigenvalue weighted by Crippen LogP contribution is 2.14. The van der Waals surface area contributed by atoms with Crippen LogP contribution in [0.4, 0.5) is 0 Å². The molecule has 2 rings (SSSR count). The summed E-state index contributed by atoms with van der Waals surface area (Å²) in [6.45, 7) is 1.78. The summed E-state index contributed by atoms with van der Waals surface area (Å²) >= 11 is 10.9. The molecule has 0 spiro atoms. The Bertz CT molecular complexity index is 675. The van der Waals surface area contributed by atoms with E-state index < -0.39 is 6.10 Å². The Kier molecular flexibility index (Phi) is 3.33. The smallest absolute Gasteiger partial charge is 0.262 e. The van der Waals surface area contributed by atoms with E-state index in [4.69, 9.17) is 23.8 Å². The van der Waals surface area contributed by atoms with E-state index in [1.807, 2.05) is 0 Å². The maximum Gasteiger partial charge on any atom is 0.262 e. The molecule has 1 atom stereocenters. The van der Waals surface area contributed by atoms with Crippen molar-refractivity contribution in [2.45, 2.75) is 19.6 Å². The molecule has 6 heteroatoms. The van der Waals surface area contributed by atoms with E-state index in [0.717, 1.165) is 0 Å². The van der Waals surface area contributed by atoms with E-state index in [2.05, 4.69) is 4.98 Å². The van der Waals surface area contributed by atoms with Gasteiger partial charge in [-0.25, -0.2) is 0 Å². The van der Waals surface area contributed by atoms with Crippen LogP contribution in [0.25, 0.3) is 10.9 Å². The van der Waals surface area contributed by atoms with Crippen molar-refractivity contribution in [1.82, 2.24) is 9.55 Å². The molecule has 2 aromatic rings. The largest absolute Gasteiger partial charge is 0.392 e. The van der Waals surface area contributed by atoms with Crippen LogP contribution in [-0.4, -0.2) is 20.8 Å². The summed E-state index contributed by atoms with van der Waals surface area (Å²) < 4.78 is 1.63. The van der Waals surface area contributed by atoms with Gasteiger partial charge in [0.1, 0.15) is 0 Å². The minimum atomic E-state index is -0.632. The van der Waals surface area contributed by atoms with Crippen molar-refractivity contribution >= 4 is 34.7 Å². The second-order valence-electron chi connectivity index (χ2n) is 3.88. The van der Waals surface area contributed by atoms with E-state index >= 15 is 0 Å². The average Bonchev–Trinajstić information content (AvgIpc) is 2.23. The van der Waals surface area contributed by atoms with Crippen molar-refractivity contribution < 1.29 is 5.11 Å². The fourth-order valence-electron chi connectivity index (χ4n) is 1.66. The first-order valence-electron chi connectivity index (χ1n) is 5.09. The number of rotatable bonds is 2. The van der Waals surface area contributed by atoms with Crippen molar-refractivity contribution in [3.63, 3.8) is 0 Å². The minimum absolute atomic E-state index is 0.173. The van der Waals surface area contributed by atoms with Gasteiger partial charge in [-0.15, -0.1) is 0 Å². The lowest BCUT2D eigenvalue weighted by Crippen LogP contribution is -2.26. The molecule has 0 radical (unpaired) electrons. The molecule has 0 bridgehead atoms. The standard InChI is InChI=1S/C11H11ClN2O2S/c1-6(15)5-14-10(16)8-3-2-7(12)4-9(8)13-11(14)17/h2-4,6,15H,5H2,1H3,(H,13,17)/t6-/m1/s1. The number of aliphatic hydroxyl groups excluding tert-OH is 1. The van der Waals surface area contributed by atoms with Gasteiger partial charge in [0.2, 0.25) is 0 Å². The van der Waals surface area contributed by atoms with Gasteiger partial charge in [-0.05, 0) is 37.3 Å². The van der Waals surface area contributed by atoms with Crippen molar-refractivity contribution in [2.24, 2.45) is 0 Å². The van der Waals surface area contributed by atoms with Crippen molar-refractivity contribution in [2.75, 3.05) is 0 Å². The van der Waals surface area contributed by atoms with E-state index in [-0.39, 0.29) is 16.9 Å². The summed E-state index contributed by atoms with van der Waals surface area (Å²) in [6.07, 6.45) is -0.632. The van der Waals surface area contributed by atoms with E-state index in [1.54, 1.807) is 25.1 Å². The summed E-state index contributed by atoms with van der Waals surface area (Å²) in [5.74, 6) is 0. The third-order valence-corrected chi connectivity index (χ3v) is 2.95. The van der Waals surface area contributed by atoms with Crippen LogP contribution in [-0.2, 0) is 6.54 Å². The van der Waals surface area contributed by atoms with E-state index in [1.165, 1.54) is 4.57 Å². The maximum absolute atomic E-state index is 12.1. The second kappa shape index (κ2) is 4.60. The Morgan fingerprint density at radius 1 is 1.59 bits per heavy atom. The molecule has 90 valence electrons. The number of H-pyrrole nitrogens is 1. The molecule has 0 unspecified atom stereocenters. The average molecular weight is 271 g/mol. The highest BCUT2D eigenvalue weighted by atomic mass is 35.5. The predicted molar refractivity (Wildman–Crippen MR) is 70.1 cm³/mol. The number of nitrogens with zero attached hydrogens (tertiary/aromatic N) is 1. The van der Waals surface area contributed by atoms with Crippen LogP contribution >= 0.6 is 23.8 Å². The first kappa shape index (κ1) is 12.3. The van der Waals surface area contributed by atoms with Gasteiger partial charge in [0, 0.05) is 5.02 Å². The van der Waals surface area contributed by atoms with Crippen LogP contribution in [0.3, 0.4) is 0 Å². The summed E-state index contributed by atoms with van der Waals surface area (Å²) in [7, 11) is 0. The number of aromatic nitrogens is 2. The number of fused-ring (bicyclic) bond motifs is 1. The van der Waals surface area contributed by atoms with Gasteiger partial charge in [-0.2, -0.15) is 0 Å². The first-order valence-corrected chi connectivity index (χ1v) is 5.88. The Balaban J connectivity index is 2.77. The molecule has 0 aliphatic carbocycles. The number of benzene rings is 1. The molecule has 0 fully saturated rings. The van der Waals surface area contributed by atoms with Gasteiger partial charge in [-0.1, -0.05) is 11.6 Å². The van der Waals surface area contributed by atoms with Gasteiger partial charge >= 0.3 is 0 Å². The van der Waals surface area contributed by atoms with Crippen molar-refractivity contribution in [3.8, 4) is 0 Å². The molecule has 4 nitrogen and oxygen atoms in total. The lowest BCUT2D eigenvalue weighted by atomic mass is 10.2. The van der Waals surface area contributed by atoms with Gasteiger partial charge in [0.15, 0.2) is 4.77 Å². The first-order chi connectivity index (χ1) is 7.99. The van der Waals surface area contributed by atoms with E-state index in [0.29, 0.717) is 15.9 Å². The van der Waals surface area contributed by atoms with Gasteiger partial charge in [-0.3, -0.25) is 9.36 Å². The van der Waals surface area contributed by atoms with Crippen LogP contribution < -0.4 is 5.56 Å². The van der Waals surface area contributed by atoms with E-state index in [9.17, 15) is 9.90 Å². The molecule has 2 N–H and O–H groups in total. The molecule has 0 aliphatic rings. The SMILES string of the molecule is C[C@@H](O)Cn1c(=S)[nH]c2cc(Cl)ccc2c1=O. The Labute approximate surface area is 107 Å². The van der Waals surface area contributed by atoms with Crippen LogP contribution in [0.2, 0.25) is 5.02 Å². The van der Waals surface area contributed by atoms with Crippen LogP contribution in [0.1, 0.15) is 6.92 Å². The normalized spacial score (nSPS) is 12.9. The van der Waals surface area contributed by atoms with Crippen LogP contribution in [0.15, 0.2) is 23.0 Å². The molecular weight excluding hydrogens is 260 g/mol. The number of aromatic amines is 1. The van der Waals surface area contributed by atoms with Gasteiger partial charge in [0.05, 0.1) is 23.6 Å². The summed E-state index contributed by atoms with van der Waals surface area (Å²) in [5, 5.41) is 10.4. The fourth-order valence-corrected chi connectivity index (χ4v) is 2.10. The van der Waals surface area contributed by atoms with Crippen molar-refractivity contribution in [3.05, 3.63) is 38.3 Å². The van der Waals surface area contributed by atoms with Gasteiger partial charge in [0.25, 0.3) is 5.56 Å². The summed E-state index contributed by atoms with van der Waals surface area (Å²) in [4.78, 5) is 15.0. The molecule has 0 amide bonds. The third-order valence-electron chi connectivity index (χ3n) is 2.39. The second-order valence-corrected chi connectivity index (χ2v) is 4.71. The molecule has 1 aromatic carbocycles. The molecule has 17 heavy (non-hydrogen) atoms. The molecule has 1 aromatic heterocycles. The number of halogens is 1. The Morgan fingerprint density at radius 2 is 2.29 bits per heavy atom. The molecule has 0 saturated heterocycles. The number of nitrogens with one attached hydrogen (secondary N) is 1. The van der Waals surface area contributed by atoms with Crippen LogP contribution in [0.5, 0.6) is 0 Å². The lowest BCUT2D eigenvalue weighted by Gasteiger charge is -2.09. The van der Waals surface area contributed by atoms with Crippen molar-refractivity contribution in [1.29, 1.82) is 0 Å². The topological polar surface area (TPSA) is 58.0 Å². The fraction of sp³-hybridized carbons (Fsp3) is 0.273. The maximum atomic E-state index is 12.1. The quantitative estimate of drug-likeness (QED) is 0.822. The summed E-state index contributed by atoms with van der Waals surface area (Å²) in [6, 6.07) is 4.94. The zero-order valence-electron chi connectivity index (χ0n) is 9.11. The minimum Gasteiger partial charge on any atom is -0.392 e. The van der Waals surface area contributed by atoms with Crippen LogP contribution in [0, 0.1) is 4.77 Å². The highest BCUT2D eigenvalue weighted by molar-refractivity contribution is 7.71. The zero-order valence-corrected chi connectivity index (χ0v) is 10.7. The molecular formula is C11H11ClN2O2S. The molecule has 0 aliphatic heterocycles. The summed E-state index contributed by atoms with van der Waals surface area (Å²) in [5.41, 5.74) is 0.385. The molecule has 0 saturated carbocycles. The van der Waals surface area contributed by atoms with Gasteiger partial charge < -0.3 is 10.1 Å². The highest BCUT2D eigenvalue weighted by Gasteiger charge is 2.07. The monoisotopic (exact) mass is 270 g/mol. The number of aliphatic hydroxyl groups is 1. The Hall–Kier alpha value is -1.17. The number of hydrogen-bond donors (Lipinski definition) is 2. The third kappa shape index (κ3) is 2.41. The Morgan fingerprint density at radius 3 is 2.94 bits per heavy atom. The lowest BCUT2D eigenvalue weighted by molar-refractivity contribution is 0.171. The molecule has 1 heterocycles. The predicted octanol–water partition coefficient (Wildman–Crippen LogP) is 2.09. The number of hydrogen-bond acceptors (Lipinski definition) is 3. The zero-order chi connectivity index (χ0) is 12.6.